The van der Waals surface area contributed by atoms with Crippen LogP contribution in [0.4, 0.5) is 5.69 Å². The molecule has 4 aromatic carbocycles. The number of carbonyl (C=O) groups excluding carboxylic acids is 3. The van der Waals surface area contributed by atoms with Gasteiger partial charge in [-0.25, -0.2) is 8.42 Å². The maximum Gasteiger partial charge on any atom is 0.310 e. The van der Waals surface area contributed by atoms with Gasteiger partial charge in [0.05, 0.1) is 40.6 Å². The summed E-state index contributed by atoms with van der Waals surface area (Å²) in [6.07, 6.45) is 4.39. The molecule has 1 saturated heterocycles. The monoisotopic (exact) mass is 707 g/mol. The number of rotatable bonds is 12. The Morgan fingerprint density at radius 2 is 1.53 bits per heavy atom. The van der Waals surface area contributed by atoms with Crippen molar-refractivity contribution in [2.24, 2.45) is 5.92 Å². The molecule has 0 radical (unpaired) electrons. The van der Waals surface area contributed by atoms with E-state index in [0.29, 0.717) is 24.6 Å². The molecule has 1 fully saturated rings. The molecule has 2 aliphatic rings. The summed E-state index contributed by atoms with van der Waals surface area (Å²) in [7, 11) is -2.32. The van der Waals surface area contributed by atoms with E-state index >= 15 is 0 Å². The summed E-state index contributed by atoms with van der Waals surface area (Å²) in [5.74, 6) is -0.354. The number of hydrogen-bond donors (Lipinski definition) is 0. The summed E-state index contributed by atoms with van der Waals surface area (Å²) in [6, 6.07) is 28.6. The summed E-state index contributed by atoms with van der Waals surface area (Å²) in [5, 5.41) is 0. The van der Waals surface area contributed by atoms with Crippen molar-refractivity contribution in [3.63, 3.8) is 0 Å². The predicted molar refractivity (Wildman–Crippen MR) is 197 cm³/mol. The maximum atomic E-state index is 14.1. The number of nitrogens with zero attached hydrogens (tertiary/aromatic N) is 3. The number of ether oxygens (including phenoxy) is 1. The van der Waals surface area contributed by atoms with Crippen molar-refractivity contribution in [2.75, 3.05) is 44.7 Å². The molecule has 2 heterocycles. The molecule has 0 spiro atoms. The van der Waals surface area contributed by atoms with Crippen LogP contribution in [0.15, 0.2) is 107 Å². The third kappa shape index (κ3) is 8.40. The van der Waals surface area contributed by atoms with Crippen molar-refractivity contribution in [1.82, 2.24) is 9.80 Å². The molecule has 0 N–H and O–H groups in total. The third-order valence-electron chi connectivity index (χ3n) is 9.84. The number of carbonyl (C=O) groups is 3. The lowest BCUT2D eigenvalue weighted by Gasteiger charge is -2.32. The summed E-state index contributed by atoms with van der Waals surface area (Å²) in [4.78, 5) is 45.3. The minimum Gasteiger partial charge on any atom is -0.466 e. The standard InChI is InChI=1S/C41H45N3O6S/c1-3-50-39(45)27-31-14-16-33(17-15-31)29-44-36-28-34(18-19-38(36)51(48,49)37-13-8-7-12-35(37)41(44)47)40(46)42(2)22-9-23-43-24-20-32(21-25-43)26-30-10-5-4-6-11-30/h4-8,10-19,28,32H,3,9,20-27,29H2,1-2H3. The minimum absolute atomic E-state index is 0.0328. The smallest absolute Gasteiger partial charge is 0.310 e. The van der Waals surface area contributed by atoms with E-state index in [2.05, 4.69) is 35.2 Å². The highest BCUT2D eigenvalue weighted by atomic mass is 32.2. The van der Waals surface area contributed by atoms with E-state index in [1.54, 1.807) is 55.3 Å². The van der Waals surface area contributed by atoms with Crippen LogP contribution in [-0.2, 0) is 38.8 Å². The van der Waals surface area contributed by atoms with Crippen molar-refractivity contribution in [1.29, 1.82) is 0 Å². The first-order valence-electron chi connectivity index (χ1n) is 17.7. The Labute approximate surface area is 300 Å². The quantitative estimate of drug-likeness (QED) is 0.162. The number of benzene rings is 4. The second-order valence-corrected chi connectivity index (χ2v) is 15.3. The van der Waals surface area contributed by atoms with Crippen LogP contribution in [-0.4, -0.2) is 75.8 Å². The lowest BCUT2D eigenvalue weighted by molar-refractivity contribution is -0.142. The second kappa shape index (κ2) is 16.0. The highest BCUT2D eigenvalue weighted by Crippen LogP contribution is 2.38. The molecule has 0 aromatic heterocycles. The van der Waals surface area contributed by atoms with E-state index in [1.165, 1.54) is 53.6 Å². The van der Waals surface area contributed by atoms with Gasteiger partial charge in [0, 0.05) is 19.2 Å². The zero-order valence-electron chi connectivity index (χ0n) is 29.3. The fourth-order valence-electron chi connectivity index (χ4n) is 7.04. The molecule has 0 atom stereocenters. The van der Waals surface area contributed by atoms with Crippen LogP contribution in [0.2, 0.25) is 0 Å². The molecule has 0 aliphatic carbocycles. The second-order valence-electron chi connectivity index (χ2n) is 13.4. The molecule has 51 heavy (non-hydrogen) atoms. The largest absolute Gasteiger partial charge is 0.466 e. The van der Waals surface area contributed by atoms with E-state index in [-0.39, 0.29) is 45.9 Å². The Kier molecular flexibility index (Phi) is 11.3. The molecule has 4 aromatic rings. The summed E-state index contributed by atoms with van der Waals surface area (Å²) in [5.41, 5.74) is 3.42. The fraction of sp³-hybridized carbons (Fsp3) is 0.341. The summed E-state index contributed by atoms with van der Waals surface area (Å²) >= 11 is 0. The minimum atomic E-state index is -4.08. The van der Waals surface area contributed by atoms with Gasteiger partial charge in [0.15, 0.2) is 0 Å². The molecule has 6 rings (SSSR count). The van der Waals surface area contributed by atoms with E-state index in [1.807, 2.05) is 0 Å². The van der Waals surface area contributed by atoms with Crippen molar-refractivity contribution in [2.45, 2.75) is 55.4 Å². The summed E-state index contributed by atoms with van der Waals surface area (Å²) < 4.78 is 33.0. The molecule has 0 saturated carbocycles. The van der Waals surface area contributed by atoms with Gasteiger partial charge in [-0.1, -0.05) is 66.7 Å². The van der Waals surface area contributed by atoms with Gasteiger partial charge >= 0.3 is 5.97 Å². The zero-order chi connectivity index (χ0) is 36.0. The number of esters is 1. The average Bonchev–Trinajstić information content (AvgIpc) is 3.21. The number of piperidine rings is 1. The Hall–Kier alpha value is -4.80. The number of amides is 2. The van der Waals surface area contributed by atoms with Crippen molar-refractivity contribution >= 4 is 33.3 Å². The van der Waals surface area contributed by atoms with Crippen molar-refractivity contribution in [3.05, 3.63) is 125 Å². The van der Waals surface area contributed by atoms with Crippen LogP contribution in [0.3, 0.4) is 0 Å². The SMILES string of the molecule is CCOC(=O)Cc1ccc(CN2C(=O)c3ccccc3S(=O)(=O)c3ccc(C(=O)N(C)CCCN4CCC(Cc5ccccc5)CC4)cc32)cc1. The molecule has 0 bridgehead atoms. The maximum absolute atomic E-state index is 14.1. The van der Waals surface area contributed by atoms with Gasteiger partial charge < -0.3 is 19.4 Å². The molecular formula is C41H45N3O6S. The first-order chi connectivity index (χ1) is 24.6. The first-order valence-corrected chi connectivity index (χ1v) is 19.2. The Morgan fingerprint density at radius 3 is 2.25 bits per heavy atom. The highest BCUT2D eigenvalue weighted by molar-refractivity contribution is 7.91. The highest BCUT2D eigenvalue weighted by Gasteiger charge is 2.36. The van der Waals surface area contributed by atoms with Crippen molar-refractivity contribution < 1.29 is 27.5 Å². The van der Waals surface area contributed by atoms with Crippen LogP contribution < -0.4 is 4.90 Å². The van der Waals surface area contributed by atoms with Gasteiger partial charge in [0.1, 0.15) is 0 Å². The molecular weight excluding hydrogens is 663 g/mol. The number of anilines is 1. The van der Waals surface area contributed by atoms with E-state index in [0.717, 1.165) is 43.6 Å². The topological polar surface area (TPSA) is 104 Å². The molecule has 266 valence electrons. The Balaban J connectivity index is 1.16. The van der Waals surface area contributed by atoms with Crippen LogP contribution >= 0.6 is 0 Å². The fourth-order valence-corrected chi connectivity index (χ4v) is 8.67. The molecule has 2 aliphatic heterocycles. The lowest BCUT2D eigenvalue weighted by atomic mass is 9.90. The van der Waals surface area contributed by atoms with Gasteiger partial charge in [-0.2, -0.15) is 0 Å². The Bertz CT molecular complexity index is 1970. The van der Waals surface area contributed by atoms with Gasteiger partial charge in [-0.05, 0) is 105 Å². The first kappa shape index (κ1) is 36.0. The van der Waals surface area contributed by atoms with Gasteiger partial charge in [-0.15, -0.1) is 0 Å². The average molecular weight is 708 g/mol. The van der Waals surface area contributed by atoms with Gasteiger partial charge in [-0.3, -0.25) is 14.4 Å². The van der Waals surface area contributed by atoms with E-state index in [4.69, 9.17) is 4.74 Å². The van der Waals surface area contributed by atoms with Crippen LogP contribution in [0.25, 0.3) is 0 Å². The molecule has 2 amide bonds. The number of hydrogen-bond acceptors (Lipinski definition) is 7. The van der Waals surface area contributed by atoms with Crippen molar-refractivity contribution in [3.8, 4) is 0 Å². The summed E-state index contributed by atoms with van der Waals surface area (Å²) in [6.45, 7) is 5.66. The van der Waals surface area contributed by atoms with Gasteiger partial charge in [0.25, 0.3) is 11.8 Å². The molecule has 10 heteroatoms. The normalized spacial score (nSPS) is 15.8. The van der Waals surface area contributed by atoms with E-state index in [9.17, 15) is 22.8 Å². The van der Waals surface area contributed by atoms with Crippen LogP contribution in [0.1, 0.15) is 63.6 Å². The van der Waals surface area contributed by atoms with Gasteiger partial charge in [0.2, 0.25) is 9.84 Å². The lowest BCUT2D eigenvalue weighted by Crippen LogP contribution is -2.37. The number of sulfone groups is 1. The predicted octanol–water partition coefficient (Wildman–Crippen LogP) is 6.20. The Morgan fingerprint density at radius 1 is 0.843 bits per heavy atom. The number of fused-ring (bicyclic) bond motifs is 2. The zero-order valence-corrected chi connectivity index (χ0v) is 30.1. The molecule has 0 unspecified atom stereocenters. The van der Waals surface area contributed by atoms with E-state index < -0.39 is 15.7 Å². The van der Waals surface area contributed by atoms with Crippen LogP contribution in [0, 0.1) is 5.92 Å². The number of likely N-dealkylation sites (tertiary alicyclic amines) is 1. The third-order valence-corrected chi connectivity index (χ3v) is 11.7. The van der Waals surface area contributed by atoms with Crippen LogP contribution in [0.5, 0.6) is 0 Å². The molecule has 9 nitrogen and oxygen atoms in total.